The highest BCUT2D eigenvalue weighted by Gasteiger charge is 2.25. The van der Waals surface area contributed by atoms with Gasteiger partial charge in [0, 0.05) is 23.6 Å². The first-order valence-electron chi connectivity index (χ1n) is 9.45. The number of nitrogens with one attached hydrogen (secondary N) is 1. The lowest BCUT2D eigenvalue weighted by molar-refractivity contribution is -0.145. The molecule has 0 bridgehead atoms. The molecule has 3 rings (SSSR count). The molecule has 8 nitrogen and oxygen atoms in total. The van der Waals surface area contributed by atoms with Gasteiger partial charge in [0.2, 0.25) is 0 Å². The number of anilines is 1. The molecule has 0 aliphatic heterocycles. The maximum Gasteiger partial charge on any atom is 0.351 e. The summed E-state index contributed by atoms with van der Waals surface area (Å²) in [4.78, 5) is 41.2. The summed E-state index contributed by atoms with van der Waals surface area (Å²) in [5, 5.41) is 2.84. The Hall–Kier alpha value is -3.24. The minimum atomic E-state index is -0.594. The highest BCUT2D eigenvalue weighted by molar-refractivity contribution is 9.10. The van der Waals surface area contributed by atoms with Gasteiger partial charge in [0.1, 0.15) is 0 Å². The Labute approximate surface area is 196 Å². The molecule has 2 heterocycles. The molecule has 0 saturated heterocycles. The van der Waals surface area contributed by atoms with Gasteiger partial charge in [0.15, 0.2) is 17.2 Å². The van der Waals surface area contributed by atoms with Crippen molar-refractivity contribution in [1.82, 2.24) is 4.98 Å². The fraction of sp³-hybridized carbons (Fsp3) is 0.182. The summed E-state index contributed by atoms with van der Waals surface area (Å²) in [6.07, 6.45) is 3.08. The number of benzene rings is 1. The van der Waals surface area contributed by atoms with Crippen LogP contribution in [0.2, 0.25) is 0 Å². The van der Waals surface area contributed by atoms with Crippen molar-refractivity contribution in [2.45, 2.75) is 6.92 Å². The number of carbonyl (C=O) groups is 3. The summed E-state index contributed by atoms with van der Waals surface area (Å²) in [5.74, 6) is -1.23. The van der Waals surface area contributed by atoms with Gasteiger partial charge in [0.25, 0.3) is 5.91 Å². The molecule has 1 amide bonds. The molecule has 2 aromatic heterocycles. The number of amides is 1. The summed E-state index contributed by atoms with van der Waals surface area (Å²) in [7, 11) is 1.26. The number of methoxy groups -OCH3 is 1. The number of thiophene rings is 1. The lowest BCUT2D eigenvalue weighted by Gasteiger charge is -2.08. The first-order chi connectivity index (χ1) is 15.4. The van der Waals surface area contributed by atoms with E-state index in [2.05, 4.69) is 26.2 Å². The van der Waals surface area contributed by atoms with E-state index in [1.807, 2.05) is 6.07 Å². The van der Waals surface area contributed by atoms with Crippen LogP contribution in [0.5, 0.6) is 5.75 Å². The second-order valence-corrected chi connectivity index (χ2v) is 8.07. The van der Waals surface area contributed by atoms with E-state index in [0.29, 0.717) is 20.6 Å². The molecule has 0 radical (unpaired) electrons. The molecule has 0 unspecified atom stereocenters. The monoisotopic (exact) mass is 518 g/mol. The van der Waals surface area contributed by atoms with Crippen molar-refractivity contribution in [3.8, 4) is 16.2 Å². The van der Waals surface area contributed by atoms with Crippen LogP contribution in [-0.2, 0) is 14.3 Å². The number of rotatable bonds is 8. The number of aromatic nitrogens is 1. The highest BCUT2D eigenvalue weighted by atomic mass is 79.9. The molecule has 166 valence electrons. The predicted molar refractivity (Wildman–Crippen MR) is 123 cm³/mol. The van der Waals surface area contributed by atoms with Gasteiger partial charge in [-0.15, -0.1) is 11.3 Å². The Balaban J connectivity index is 1.90. The molecule has 0 saturated carbocycles. The number of esters is 2. The van der Waals surface area contributed by atoms with E-state index in [-0.39, 0.29) is 29.7 Å². The molecule has 0 atom stereocenters. The third-order valence-corrected chi connectivity index (χ3v) is 6.36. The SMILES string of the molecule is CCOC(=O)COc1c(C(=O)OC)sc(-c2cccc(NC(=O)c3ccncc3)c2)c1Br. The molecule has 32 heavy (non-hydrogen) atoms. The first kappa shape index (κ1) is 23.4. The summed E-state index contributed by atoms with van der Waals surface area (Å²) < 4.78 is 15.8. The van der Waals surface area contributed by atoms with Crippen molar-refractivity contribution in [3.05, 3.63) is 63.7 Å². The lowest BCUT2D eigenvalue weighted by Crippen LogP contribution is -2.15. The predicted octanol–water partition coefficient (Wildman–Crippen LogP) is 4.55. The summed E-state index contributed by atoms with van der Waals surface area (Å²) >= 11 is 4.61. The average molecular weight is 519 g/mol. The quantitative estimate of drug-likeness (QED) is 0.436. The molecular weight excluding hydrogens is 500 g/mol. The maximum absolute atomic E-state index is 12.4. The number of pyridine rings is 1. The Bertz CT molecular complexity index is 1130. The van der Waals surface area contributed by atoms with Gasteiger partial charge in [0.05, 0.1) is 23.1 Å². The second-order valence-electron chi connectivity index (χ2n) is 6.26. The summed E-state index contributed by atoms with van der Waals surface area (Å²) in [5.41, 5.74) is 1.77. The zero-order valence-corrected chi connectivity index (χ0v) is 19.6. The Morgan fingerprint density at radius 1 is 1.16 bits per heavy atom. The minimum Gasteiger partial charge on any atom is -0.479 e. The maximum atomic E-state index is 12.4. The Kier molecular flexibility index (Phi) is 7.96. The van der Waals surface area contributed by atoms with Gasteiger partial charge in [-0.1, -0.05) is 12.1 Å². The summed E-state index contributed by atoms with van der Waals surface area (Å²) in [6.45, 7) is 1.56. The zero-order chi connectivity index (χ0) is 23.1. The number of hydrogen-bond donors (Lipinski definition) is 1. The Morgan fingerprint density at radius 2 is 1.91 bits per heavy atom. The van der Waals surface area contributed by atoms with Crippen LogP contribution in [0.1, 0.15) is 27.0 Å². The molecule has 1 aromatic carbocycles. The van der Waals surface area contributed by atoms with Crippen LogP contribution in [0.4, 0.5) is 5.69 Å². The average Bonchev–Trinajstić information content (AvgIpc) is 3.14. The summed E-state index contributed by atoms with van der Waals surface area (Å²) in [6, 6.07) is 10.4. The molecule has 0 spiro atoms. The lowest BCUT2D eigenvalue weighted by atomic mass is 10.1. The van der Waals surface area contributed by atoms with Crippen molar-refractivity contribution < 1.29 is 28.6 Å². The van der Waals surface area contributed by atoms with Crippen molar-refractivity contribution in [3.63, 3.8) is 0 Å². The van der Waals surface area contributed by atoms with E-state index < -0.39 is 11.9 Å². The van der Waals surface area contributed by atoms with Crippen LogP contribution < -0.4 is 10.1 Å². The van der Waals surface area contributed by atoms with Crippen LogP contribution >= 0.6 is 27.3 Å². The van der Waals surface area contributed by atoms with Crippen LogP contribution in [0, 0.1) is 0 Å². The van der Waals surface area contributed by atoms with Crippen LogP contribution in [0.25, 0.3) is 10.4 Å². The van der Waals surface area contributed by atoms with Gasteiger partial charge in [-0.25, -0.2) is 9.59 Å². The van der Waals surface area contributed by atoms with Gasteiger partial charge in [-0.2, -0.15) is 0 Å². The molecule has 10 heteroatoms. The van der Waals surface area contributed by atoms with Crippen molar-refractivity contribution >= 4 is 50.8 Å². The van der Waals surface area contributed by atoms with Gasteiger partial charge in [-0.05, 0) is 52.7 Å². The van der Waals surface area contributed by atoms with Gasteiger partial charge < -0.3 is 19.5 Å². The van der Waals surface area contributed by atoms with Crippen molar-refractivity contribution in [2.75, 3.05) is 25.6 Å². The van der Waals surface area contributed by atoms with Crippen molar-refractivity contribution in [1.29, 1.82) is 0 Å². The number of halogens is 1. The van der Waals surface area contributed by atoms with Crippen LogP contribution in [-0.4, -0.2) is 43.2 Å². The second kappa shape index (κ2) is 10.9. The molecular formula is C22H19BrN2O6S. The normalized spacial score (nSPS) is 10.3. The highest BCUT2D eigenvalue weighted by Crippen LogP contribution is 2.46. The largest absolute Gasteiger partial charge is 0.479 e. The van der Waals surface area contributed by atoms with E-state index >= 15 is 0 Å². The minimum absolute atomic E-state index is 0.191. The topological polar surface area (TPSA) is 104 Å². The Morgan fingerprint density at radius 3 is 2.59 bits per heavy atom. The zero-order valence-electron chi connectivity index (χ0n) is 17.2. The third-order valence-electron chi connectivity index (χ3n) is 4.14. The van der Waals surface area contributed by atoms with E-state index in [0.717, 1.165) is 16.9 Å². The number of ether oxygens (including phenoxy) is 3. The van der Waals surface area contributed by atoms with E-state index in [4.69, 9.17) is 14.2 Å². The molecule has 0 fully saturated rings. The smallest absolute Gasteiger partial charge is 0.351 e. The van der Waals surface area contributed by atoms with E-state index in [9.17, 15) is 14.4 Å². The molecule has 1 N–H and O–H groups in total. The van der Waals surface area contributed by atoms with Crippen LogP contribution in [0.15, 0.2) is 53.3 Å². The number of nitrogens with zero attached hydrogens (tertiary/aromatic N) is 1. The fourth-order valence-electron chi connectivity index (χ4n) is 2.72. The fourth-order valence-corrected chi connectivity index (χ4v) is 4.68. The van der Waals surface area contributed by atoms with Crippen molar-refractivity contribution in [2.24, 2.45) is 0 Å². The number of carbonyl (C=O) groups excluding carboxylic acids is 3. The molecule has 0 aliphatic rings. The standard InChI is InChI=1S/C22H19BrN2O6S/c1-3-30-16(26)12-31-18-17(23)19(32-20(18)22(28)29-2)14-5-4-6-15(11-14)25-21(27)13-7-9-24-10-8-13/h4-11H,3,12H2,1-2H3,(H,25,27). The van der Waals surface area contributed by atoms with E-state index in [1.54, 1.807) is 49.6 Å². The molecule has 3 aromatic rings. The first-order valence-corrected chi connectivity index (χ1v) is 11.1. The molecule has 0 aliphatic carbocycles. The van der Waals surface area contributed by atoms with Gasteiger partial charge >= 0.3 is 11.9 Å². The van der Waals surface area contributed by atoms with E-state index in [1.165, 1.54) is 7.11 Å². The van der Waals surface area contributed by atoms with Gasteiger partial charge in [-0.3, -0.25) is 9.78 Å². The number of hydrogen-bond acceptors (Lipinski definition) is 8. The third kappa shape index (κ3) is 5.51. The van der Waals surface area contributed by atoms with Crippen LogP contribution in [0.3, 0.4) is 0 Å².